The number of hydrogen-bond donors (Lipinski definition) is 2. The van der Waals surface area contributed by atoms with Gasteiger partial charge in [-0.15, -0.1) is 0 Å². The summed E-state index contributed by atoms with van der Waals surface area (Å²) in [4.78, 5) is 0. The summed E-state index contributed by atoms with van der Waals surface area (Å²) >= 11 is 0. The van der Waals surface area contributed by atoms with Crippen LogP contribution in [-0.4, -0.2) is 29.9 Å². The predicted octanol–water partition coefficient (Wildman–Crippen LogP) is 0.0352. The topological polar surface area (TPSA) is 74.6 Å². The summed E-state index contributed by atoms with van der Waals surface area (Å²) in [5, 5.41) is 8.67. The van der Waals surface area contributed by atoms with Crippen LogP contribution in [0.4, 0.5) is 0 Å². The van der Waals surface area contributed by atoms with Crippen LogP contribution in [-0.2, 0) is 10.1 Å². The van der Waals surface area contributed by atoms with Gasteiger partial charge in [0.25, 0.3) is 10.1 Å². The van der Waals surface area contributed by atoms with Crippen molar-refractivity contribution in [2.45, 2.75) is 25.9 Å². The normalized spacial score (nSPS) is 15.1. The van der Waals surface area contributed by atoms with Gasteiger partial charge in [0, 0.05) is 0 Å². The first kappa shape index (κ1) is 9.87. The Bertz CT molecular complexity index is 170. The standard InChI is InChI=1S/C5H12O4S/c1-5(6)3-2-4-10(7,8)9/h5-6H,2-4H2,1H3,(H,7,8,9). The molecule has 0 radical (unpaired) electrons. The summed E-state index contributed by atoms with van der Waals surface area (Å²) in [6.07, 6.45) is 0.206. The van der Waals surface area contributed by atoms with E-state index in [2.05, 4.69) is 0 Å². The van der Waals surface area contributed by atoms with Crippen LogP contribution in [0.1, 0.15) is 19.8 Å². The Morgan fingerprint density at radius 3 is 2.30 bits per heavy atom. The number of aliphatic hydroxyl groups is 1. The summed E-state index contributed by atoms with van der Waals surface area (Å²) in [7, 11) is -3.83. The molecule has 1 unspecified atom stereocenters. The van der Waals surface area contributed by atoms with Crippen molar-refractivity contribution < 1.29 is 18.1 Å². The fourth-order valence-electron chi connectivity index (χ4n) is 0.561. The van der Waals surface area contributed by atoms with Crippen LogP contribution in [0.2, 0.25) is 0 Å². The highest BCUT2D eigenvalue weighted by atomic mass is 32.2. The minimum Gasteiger partial charge on any atom is -0.393 e. The molecular weight excluding hydrogens is 156 g/mol. The van der Waals surface area contributed by atoms with Crippen LogP contribution in [0.3, 0.4) is 0 Å². The number of aliphatic hydroxyl groups excluding tert-OH is 1. The van der Waals surface area contributed by atoms with Gasteiger partial charge >= 0.3 is 0 Å². The lowest BCUT2D eigenvalue weighted by Gasteiger charge is -2.00. The number of rotatable bonds is 4. The van der Waals surface area contributed by atoms with E-state index in [1.807, 2.05) is 0 Å². The van der Waals surface area contributed by atoms with Crippen LogP contribution in [0, 0.1) is 0 Å². The average molecular weight is 168 g/mol. The molecule has 0 aromatic rings. The summed E-state index contributed by atoms with van der Waals surface area (Å²) in [6, 6.07) is 0. The van der Waals surface area contributed by atoms with Crippen molar-refractivity contribution in [3.05, 3.63) is 0 Å². The maximum atomic E-state index is 10.1. The fourth-order valence-corrected chi connectivity index (χ4v) is 1.09. The van der Waals surface area contributed by atoms with Gasteiger partial charge in [0.2, 0.25) is 0 Å². The maximum Gasteiger partial charge on any atom is 0.264 e. The van der Waals surface area contributed by atoms with Crippen LogP contribution in [0.25, 0.3) is 0 Å². The predicted molar refractivity (Wildman–Crippen MR) is 37.3 cm³/mol. The molecule has 5 heteroatoms. The highest BCUT2D eigenvalue weighted by Crippen LogP contribution is 1.97. The van der Waals surface area contributed by atoms with Crippen molar-refractivity contribution in [1.82, 2.24) is 0 Å². The second kappa shape index (κ2) is 3.90. The van der Waals surface area contributed by atoms with E-state index in [-0.39, 0.29) is 5.75 Å². The highest BCUT2D eigenvalue weighted by Gasteiger charge is 2.04. The van der Waals surface area contributed by atoms with E-state index in [4.69, 9.17) is 9.66 Å². The summed E-state index contributed by atoms with van der Waals surface area (Å²) in [5.74, 6) is -0.266. The lowest BCUT2D eigenvalue weighted by Crippen LogP contribution is -2.07. The van der Waals surface area contributed by atoms with Crippen LogP contribution in [0.15, 0.2) is 0 Å². The summed E-state index contributed by atoms with van der Waals surface area (Å²) in [5.41, 5.74) is 0. The zero-order valence-corrected chi connectivity index (χ0v) is 6.63. The van der Waals surface area contributed by atoms with Gasteiger partial charge in [-0.25, -0.2) is 0 Å². The van der Waals surface area contributed by atoms with E-state index in [0.29, 0.717) is 12.8 Å². The second-order valence-corrected chi connectivity index (χ2v) is 3.85. The smallest absolute Gasteiger partial charge is 0.264 e. The first-order chi connectivity index (χ1) is 4.42. The lowest BCUT2D eigenvalue weighted by atomic mass is 10.2. The first-order valence-corrected chi connectivity index (χ1v) is 4.66. The third kappa shape index (κ3) is 7.87. The Hall–Kier alpha value is -0.130. The maximum absolute atomic E-state index is 10.1. The van der Waals surface area contributed by atoms with Gasteiger partial charge in [0.15, 0.2) is 0 Å². The average Bonchev–Trinajstić information content (AvgIpc) is 1.59. The van der Waals surface area contributed by atoms with Gasteiger partial charge in [-0.1, -0.05) is 0 Å². The largest absolute Gasteiger partial charge is 0.393 e. The van der Waals surface area contributed by atoms with E-state index in [0.717, 1.165) is 0 Å². The second-order valence-electron chi connectivity index (χ2n) is 2.28. The molecule has 4 nitrogen and oxygen atoms in total. The molecule has 0 heterocycles. The number of hydrogen-bond acceptors (Lipinski definition) is 3. The van der Waals surface area contributed by atoms with E-state index in [9.17, 15) is 8.42 Å². The summed E-state index contributed by atoms with van der Waals surface area (Å²) < 4.78 is 28.4. The zero-order valence-electron chi connectivity index (χ0n) is 5.82. The van der Waals surface area contributed by atoms with Crippen molar-refractivity contribution in [2.75, 3.05) is 5.75 Å². The third-order valence-electron chi connectivity index (χ3n) is 1.02. The molecule has 0 rings (SSSR count). The molecule has 0 aliphatic heterocycles. The van der Waals surface area contributed by atoms with Crippen LogP contribution in [0.5, 0.6) is 0 Å². The van der Waals surface area contributed by atoms with Crippen molar-refractivity contribution in [3.8, 4) is 0 Å². The molecule has 0 spiro atoms. The minimum absolute atomic E-state index is 0.266. The Kier molecular flexibility index (Phi) is 3.85. The Labute approximate surface area is 60.6 Å². The van der Waals surface area contributed by atoms with E-state index < -0.39 is 16.2 Å². The molecule has 0 bridgehead atoms. The molecule has 1 atom stereocenters. The molecule has 2 N–H and O–H groups in total. The van der Waals surface area contributed by atoms with Gasteiger partial charge in [0.1, 0.15) is 0 Å². The Morgan fingerprint density at radius 1 is 1.50 bits per heavy atom. The van der Waals surface area contributed by atoms with Crippen molar-refractivity contribution in [2.24, 2.45) is 0 Å². The van der Waals surface area contributed by atoms with Gasteiger partial charge in [-0.3, -0.25) is 4.55 Å². The lowest BCUT2D eigenvalue weighted by molar-refractivity contribution is 0.183. The highest BCUT2D eigenvalue weighted by molar-refractivity contribution is 7.85. The molecule has 0 saturated heterocycles. The zero-order chi connectivity index (χ0) is 8.20. The summed E-state index contributed by atoms with van der Waals surface area (Å²) in [6.45, 7) is 1.57. The minimum atomic E-state index is -3.83. The van der Waals surface area contributed by atoms with Crippen molar-refractivity contribution >= 4 is 10.1 Å². The Morgan fingerprint density at radius 2 is 2.00 bits per heavy atom. The van der Waals surface area contributed by atoms with E-state index >= 15 is 0 Å². The van der Waals surface area contributed by atoms with E-state index in [1.165, 1.54) is 0 Å². The SMILES string of the molecule is CC(O)CCCS(=O)(=O)O. The Balaban J connectivity index is 3.39. The van der Waals surface area contributed by atoms with E-state index in [1.54, 1.807) is 6.92 Å². The monoisotopic (exact) mass is 168 g/mol. The molecule has 0 saturated carbocycles. The quantitative estimate of drug-likeness (QED) is 0.581. The third-order valence-corrected chi connectivity index (χ3v) is 1.83. The first-order valence-electron chi connectivity index (χ1n) is 3.05. The fraction of sp³-hybridized carbons (Fsp3) is 1.00. The molecule has 0 aromatic heterocycles. The molecule has 10 heavy (non-hydrogen) atoms. The molecule has 0 aromatic carbocycles. The molecule has 0 aliphatic rings. The van der Waals surface area contributed by atoms with Crippen LogP contribution >= 0.6 is 0 Å². The molecule has 0 amide bonds. The van der Waals surface area contributed by atoms with Crippen LogP contribution < -0.4 is 0 Å². The molecule has 62 valence electrons. The van der Waals surface area contributed by atoms with Crippen molar-refractivity contribution in [3.63, 3.8) is 0 Å². The molecular formula is C5H12O4S. The van der Waals surface area contributed by atoms with Gasteiger partial charge in [0.05, 0.1) is 11.9 Å². The van der Waals surface area contributed by atoms with Gasteiger partial charge in [-0.05, 0) is 19.8 Å². The van der Waals surface area contributed by atoms with Gasteiger partial charge in [-0.2, -0.15) is 8.42 Å². The van der Waals surface area contributed by atoms with Gasteiger partial charge < -0.3 is 5.11 Å². The molecule has 0 fully saturated rings. The molecule has 0 aliphatic carbocycles. The van der Waals surface area contributed by atoms with Crippen molar-refractivity contribution in [1.29, 1.82) is 0 Å².